The SMILES string of the molecule is COCCNCc1ccccc1N(C)C(C)CC(C)C. The van der Waals surface area contributed by atoms with Gasteiger partial charge in [-0.2, -0.15) is 0 Å². The van der Waals surface area contributed by atoms with Gasteiger partial charge in [-0.25, -0.2) is 0 Å². The summed E-state index contributed by atoms with van der Waals surface area (Å²) in [4.78, 5) is 2.40. The van der Waals surface area contributed by atoms with Crippen LogP contribution >= 0.6 is 0 Å². The topological polar surface area (TPSA) is 24.5 Å². The van der Waals surface area contributed by atoms with Crippen LogP contribution in [0.25, 0.3) is 0 Å². The minimum Gasteiger partial charge on any atom is -0.383 e. The normalized spacial score (nSPS) is 12.7. The standard InChI is InChI=1S/C17H30N2O/c1-14(2)12-15(3)19(4)17-9-7-6-8-16(17)13-18-10-11-20-5/h6-9,14-15,18H,10-13H2,1-5H3. The van der Waals surface area contributed by atoms with Gasteiger partial charge in [0.1, 0.15) is 0 Å². The first-order chi connectivity index (χ1) is 9.56. The van der Waals surface area contributed by atoms with Gasteiger partial charge in [0.15, 0.2) is 0 Å². The Labute approximate surface area is 124 Å². The summed E-state index contributed by atoms with van der Waals surface area (Å²) < 4.78 is 5.07. The van der Waals surface area contributed by atoms with Gasteiger partial charge in [-0.1, -0.05) is 32.0 Å². The third-order valence-corrected chi connectivity index (χ3v) is 3.64. The largest absolute Gasteiger partial charge is 0.383 e. The molecule has 114 valence electrons. The summed E-state index contributed by atoms with van der Waals surface area (Å²) in [7, 11) is 3.93. The maximum atomic E-state index is 5.07. The average molecular weight is 278 g/mol. The van der Waals surface area contributed by atoms with E-state index in [1.165, 1.54) is 17.7 Å². The zero-order valence-electron chi connectivity index (χ0n) is 13.6. The molecule has 0 radical (unpaired) electrons. The second kappa shape index (κ2) is 8.98. The van der Waals surface area contributed by atoms with Gasteiger partial charge < -0.3 is 15.0 Å². The number of nitrogens with one attached hydrogen (secondary N) is 1. The van der Waals surface area contributed by atoms with Gasteiger partial charge >= 0.3 is 0 Å². The zero-order valence-corrected chi connectivity index (χ0v) is 13.6. The summed E-state index contributed by atoms with van der Waals surface area (Å²) in [6.45, 7) is 9.39. The predicted molar refractivity (Wildman–Crippen MR) is 87.3 cm³/mol. The molecule has 1 aromatic carbocycles. The Morgan fingerprint density at radius 2 is 1.90 bits per heavy atom. The average Bonchev–Trinajstić information content (AvgIpc) is 2.42. The Morgan fingerprint density at radius 1 is 1.20 bits per heavy atom. The lowest BCUT2D eigenvalue weighted by Crippen LogP contribution is -2.31. The first kappa shape index (κ1) is 17.0. The van der Waals surface area contributed by atoms with Crippen LogP contribution in [0, 0.1) is 5.92 Å². The number of rotatable bonds is 9. The Morgan fingerprint density at radius 3 is 2.55 bits per heavy atom. The highest BCUT2D eigenvalue weighted by Gasteiger charge is 2.14. The fourth-order valence-electron chi connectivity index (χ4n) is 2.48. The van der Waals surface area contributed by atoms with Crippen molar-refractivity contribution in [2.45, 2.75) is 39.8 Å². The second-order valence-corrected chi connectivity index (χ2v) is 5.89. The fourth-order valence-corrected chi connectivity index (χ4v) is 2.48. The number of nitrogens with zero attached hydrogens (tertiary/aromatic N) is 1. The number of hydrogen-bond acceptors (Lipinski definition) is 3. The van der Waals surface area contributed by atoms with Crippen molar-refractivity contribution in [3.8, 4) is 0 Å². The molecular weight excluding hydrogens is 248 g/mol. The molecule has 0 aliphatic carbocycles. The van der Waals surface area contributed by atoms with Crippen molar-refractivity contribution in [1.29, 1.82) is 0 Å². The molecule has 1 N–H and O–H groups in total. The molecule has 0 fully saturated rings. The van der Waals surface area contributed by atoms with Crippen LogP contribution in [0.15, 0.2) is 24.3 Å². The molecule has 0 saturated heterocycles. The fraction of sp³-hybridized carbons (Fsp3) is 0.647. The first-order valence-electron chi connectivity index (χ1n) is 7.56. The smallest absolute Gasteiger partial charge is 0.0587 e. The highest BCUT2D eigenvalue weighted by atomic mass is 16.5. The highest BCUT2D eigenvalue weighted by Crippen LogP contribution is 2.23. The molecule has 0 amide bonds. The molecule has 1 unspecified atom stereocenters. The number of hydrogen-bond donors (Lipinski definition) is 1. The monoisotopic (exact) mass is 278 g/mol. The molecular formula is C17H30N2O. The van der Waals surface area contributed by atoms with E-state index in [4.69, 9.17) is 4.74 Å². The van der Waals surface area contributed by atoms with Crippen molar-refractivity contribution in [3.05, 3.63) is 29.8 Å². The molecule has 3 heteroatoms. The summed E-state index contributed by atoms with van der Waals surface area (Å²) in [5.41, 5.74) is 2.67. The van der Waals surface area contributed by atoms with Crippen molar-refractivity contribution < 1.29 is 4.74 Å². The van der Waals surface area contributed by atoms with Gasteiger partial charge in [0.2, 0.25) is 0 Å². The lowest BCUT2D eigenvalue weighted by Gasteiger charge is -2.30. The van der Waals surface area contributed by atoms with Crippen molar-refractivity contribution in [2.75, 3.05) is 32.2 Å². The van der Waals surface area contributed by atoms with Crippen molar-refractivity contribution >= 4 is 5.69 Å². The lowest BCUT2D eigenvalue weighted by molar-refractivity contribution is 0.199. The summed E-state index contributed by atoms with van der Waals surface area (Å²) in [6, 6.07) is 9.19. The van der Waals surface area contributed by atoms with E-state index >= 15 is 0 Å². The molecule has 0 heterocycles. The number of methoxy groups -OCH3 is 1. The van der Waals surface area contributed by atoms with E-state index < -0.39 is 0 Å². The molecule has 0 aliphatic heterocycles. The minimum atomic E-state index is 0.551. The van der Waals surface area contributed by atoms with E-state index in [2.05, 4.69) is 62.3 Å². The quantitative estimate of drug-likeness (QED) is 0.702. The number of para-hydroxylation sites is 1. The lowest BCUT2D eigenvalue weighted by atomic mass is 10.0. The third kappa shape index (κ3) is 5.51. The first-order valence-corrected chi connectivity index (χ1v) is 7.56. The molecule has 0 aromatic heterocycles. The van der Waals surface area contributed by atoms with Crippen LogP contribution in [0.4, 0.5) is 5.69 Å². The molecule has 1 aromatic rings. The van der Waals surface area contributed by atoms with Crippen LogP contribution < -0.4 is 10.2 Å². The Balaban J connectivity index is 2.68. The summed E-state index contributed by atoms with van der Waals surface area (Å²) in [6.07, 6.45) is 1.21. The second-order valence-electron chi connectivity index (χ2n) is 5.89. The molecule has 1 rings (SSSR count). The van der Waals surface area contributed by atoms with Crippen LogP contribution in [0.5, 0.6) is 0 Å². The number of anilines is 1. The Kier molecular flexibility index (Phi) is 7.63. The molecule has 0 saturated carbocycles. The summed E-state index contributed by atoms with van der Waals surface area (Å²) in [5, 5.41) is 3.43. The van der Waals surface area contributed by atoms with E-state index in [9.17, 15) is 0 Å². The van der Waals surface area contributed by atoms with E-state index in [1.807, 2.05) is 0 Å². The zero-order chi connectivity index (χ0) is 15.0. The molecule has 3 nitrogen and oxygen atoms in total. The maximum Gasteiger partial charge on any atom is 0.0587 e. The molecule has 0 spiro atoms. The maximum absolute atomic E-state index is 5.07. The van der Waals surface area contributed by atoms with Gasteiger partial charge in [-0.05, 0) is 30.9 Å². The van der Waals surface area contributed by atoms with Crippen LogP contribution in [0.3, 0.4) is 0 Å². The minimum absolute atomic E-state index is 0.551. The Bertz CT molecular complexity index is 379. The van der Waals surface area contributed by atoms with Crippen LogP contribution in [-0.4, -0.2) is 33.4 Å². The van der Waals surface area contributed by atoms with Gasteiger partial charge in [-0.3, -0.25) is 0 Å². The number of benzene rings is 1. The molecule has 20 heavy (non-hydrogen) atoms. The van der Waals surface area contributed by atoms with Crippen LogP contribution in [-0.2, 0) is 11.3 Å². The molecule has 0 bridgehead atoms. The van der Waals surface area contributed by atoms with E-state index in [0.717, 1.165) is 25.6 Å². The molecule has 0 aliphatic rings. The van der Waals surface area contributed by atoms with Gasteiger partial charge in [0, 0.05) is 39.0 Å². The predicted octanol–water partition coefficient (Wildman–Crippen LogP) is 3.29. The Hall–Kier alpha value is -1.06. The van der Waals surface area contributed by atoms with E-state index in [-0.39, 0.29) is 0 Å². The van der Waals surface area contributed by atoms with Gasteiger partial charge in [-0.15, -0.1) is 0 Å². The summed E-state index contributed by atoms with van der Waals surface area (Å²) in [5.74, 6) is 0.722. The summed E-state index contributed by atoms with van der Waals surface area (Å²) >= 11 is 0. The van der Waals surface area contributed by atoms with Gasteiger partial charge in [0.25, 0.3) is 0 Å². The van der Waals surface area contributed by atoms with Crippen molar-refractivity contribution in [1.82, 2.24) is 5.32 Å². The van der Waals surface area contributed by atoms with Crippen molar-refractivity contribution in [2.24, 2.45) is 5.92 Å². The third-order valence-electron chi connectivity index (χ3n) is 3.64. The number of ether oxygens (including phenoxy) is 1. The van der Waals surface area contributed by atoms with Crippen LogP contribution in [0.1, 0.15) is 32.8 Å². The molecule has 1 atom stereocenters. The van der Waals surface area contributed by atoms with Crippen LogP contribution in [0.2, 0.25) is 0 Å². The van der Waals surface area contributed by atoms with E-state index in [0.29, 0.717) is 6.04 Å². The highest BCUT2D eigenvalue weighted by molar-refractivity contribution is 5.53. The van der Waals surface area contributed by atoms with E-state index in [1.54, 1.807) is 7.11 Å². The van der Waals surface area contributed by atoms with Gasteiger partial charge in [0.05, 0.1) is 6.61 Å². The van der Waals surface area contributed by atoms with Crippen molar-refractivity contribution in [3.63, 3.8) is 0 Å².